The maximum Gasteiger partial charge on any atom is 0.352 e. The van der Waals surface area contributed by atoms with E-state index in [0.29, 0.717) is 16.5 Å². The van der Waals surface area contributed by atoms with Crippen LogP contribution in [0.2, 0.25) is 0 Å². The molecule has 0 aliphatic rings. The molecule has 1 N–H and O–H groups in total. The summed E-state index contributed by atoms with van der Waals surface area (Å²) in [5.74, 6) is -0.0177. The van der Waals surface area contributed by atoms with Crippen molar-refractivity contribution in [3.05, 3.63) is 116 Å². The second-order valence-electron chi connectivity index (χ2n) is 9.45. The second-order valence-corrected chi connectivity index (χ2v) is 9.45. The number of hydrogen-bond acceptors (Lipinski definition) is 4. The molecule has 8 nitrogen and oxygen atoms in total. The summed E-state index contributed by atoms with van der Waals surface area (Å²) in [6.07, 6.45) is 0.791. The van der Waals surface area contributed by atoms with Gasteiger partial charge in [-0.15, -0.1) is 5.10 Å². The van der Waals surface area contributed by atoms with E-state index in [1.54, 1.807) is 18.2 Å². The fraction of sp³-hybridized carbons (Fsp3) is 0.241. The summed E-state index contributed by atoms with van der Waals surface area (Å²) >= 11 is 0. The summed E-state index contributed by atoms with van der Waals surface area (Å²) in [4.78, 5) is 40.2. The monoisotopic (exact) mass is 495 g/mol. The van der Waals surface area contributed by atoms with Gasteiger partial charge in [-0.3, -0.25) is 14.2 Å². The standard InChI is InChI=1S/C29H29N5O3/c1-4-20(3)30-26(35)23-14-15-24-25(16-23)34-28(32(27(24)36)17-21-8-6-5-7-9-21)31-33(29(34)37)18-22-12-10-19(2)11-13-22/h5-16,20H,4,17-18H2,1-3H3,(H,30,35). The van der Waals surface area contributed by atoms with Crippen molar-refractivity contribution < 1.29 is 4.79 Å². The van der Waals surface area contributed by atoms with E-state index >= 15 is 0 Å². The van der Waals surface area contributed by atoms with Crippen molar-refractivity contribution in [3.8, 4) is 0 Å². The number of carbonyl (C=O) groups is 1. The van der Waals surface area contributed by atoms with E-state index in [0.717, 1.165) is 23.1 Å². The molecule has 5 aromatic rings. The lowest BCUT2D eigenvalue weighted by Gasteiger charge is -2.13. The van der Waals surface area contributed by atoms with E-state index in [1.165, 1.54) is 13.6 Å². The largest absolute Gasteiger partial charge is 0.352 e. The van der Waals surface area contributed by atoms with Crippen molar-refractivity contribution in [2.75, 3.05) is 0 Å². The van der Waals surface area contributed by atoms with Gasteiger partial charge in [0.05, 0.1) is 24.0 Å². The number of fused-ring (bicyclic) bond motifs is 3. The van der Waals surface area contributed by atoms with E-state index in [2.05, 4.69) is 10.4 Å². The van der Waals surface area contributed by atoms with E-state index in [-0.39, 0.29) is 42.1 Å². The molecule has 0 saturated heterocycles. The van der Waals surface area contributed by atoms with Crippen LogP contribution in [0.1, 0.15) is 47.3 Å². The molecule has 3 aromatic carbocycles. The first kappa shape index (κ1) is 24.2. The summed E-state index contributed by atoms with van der Waals surface area (Å²) in [6, 6.07) is 22.3. The molecule has 0 bridgehead atoms. The summed E-state index contributed by atoms with van der Waals surface area (Å²) in [5.41, 5.74) is 3.06. The SMILES string of the molecule is CCC(C)NC(=O)c1ccc2c(=O)n(Cc3ccccc3)c3nn(Cc4ccc(C)cc4)c(=O)n3c2c1. The Labute approximate surface area is 213 Å². The van der Waals surface area contributed by atoms with Crippen LogP contribution in [0.15, 0.2) is 82.4 Å². The molecule has 0 aliphatic heterocycles. The van der Waals surface area contributed by atoms with Crippen LogP contribution in [-0.4, -0.2) is 30.7 Å². The Morgan fingerprint density at radius 3 is 2.35 bits per heavy atom. The highest BCUT2D eigenvalue weighted by atomic mass is 16.2. The molecule has 0 radical (unpaired) electrons. The minimum atomic E-state index is -0.373. The topological polar surface area (TPSA) is 90.4 Å². The molecule has 37 heavy (non-hydrogen) atoms. The molecule has 188 valence electrons. The number of hydrogen-bond donors (Lipinski definition) is 1. The van der Waals surface area contributed by atoms with E-state index in [9.17, 15) is 14.4 Å². The molecule has 1 amide bonds. The highest BCUT2D eigenvalue weighted by Gasteiger charge is 2.20. The number of benzene rings is 3. The fourth-order valence-electron chi connectivity index (χ4n) is 4.34. The van der Waals surface area contributed by atoms with Gasteiger partial charge in [-0.05, 0) is 49.6 Å². The minimum Gasteiger partial charge on any atom is -0.350 e. The highest BCUT2D eigenvalue weighted by molar-refractivity contribution is 5.98. The molecule has 0 fully saturated rings. The fourth-order valence-corrected chi connectivity index (χ4v) is 4.34. The molecular formula is C29H29N5O3. The number of nitrogens with one attached hydrogen (secondary N) is 1. The normalized spacial score (nSPS) is 12.2. The Balaban J connectivity index is 1.73. The van der Waals surface area contributed by atoms with Gasteiger partial charge in [0.15, 0.2) is 0 Å². The molecule has 8 heteroatoms. The predicted octanol–water partition coefficient (Wildman–Crippen LogP) is 3.74. The molecule has 2 heterocycles. The van der Waals surface area contributed by atoms with Gasteiger partial charge in [0, 0.05) is 11.6 Å². The van der Waals surface area contributed by atoms with Gasteiger partial charge in [-0.2, -0.15) is 0 Å². The summed E-state index contributed by atoms with van der Waals surface area (Å²) < 4.78 is 4.32. The third-order valence-corrected chi connectivity index (χ3v) is 6.67. The molecule has 5 rings (SSSR count). The lowest BCUT2D eigenvalue weighted by atomic mass is 10.1. The number of rotatable bonds is 7. The van der Waals surface area contributed by atoms with Gasteiger partial charge in [0.25, 0.3) is 11.5 Å². The molecule has 1 atom stereocenters. The maximum atomic E-state index is 13.7. The van der Waals surface area contributed by atoms with Gasteiger partial charge in [0.2, 0.25) is 5.78 Å². The summed E-state index contributed by atoms with van der Waals surface area (Å²) in [5, 5.41) is 7.89. The van der Waals surface area contributed by atoms with Gasteiger partial charge in [-0.1, -0.05) is 67.1 Å². The first-order valence-corrected chi connectivity index (χ1v) is 12.4. The van der Waals surface area contributed by atoms with Gasteiger partial charge >= 0.3 is 5.69 Å². The molecule has 0 spiro atoms. The van der Waals surface area contributed by atoms with Crippen LogP contribution in [0.25, 0.3) is 16.7 Å². The van der Waals surface area contributed by atoms with Crippen molar-refractivity contribution in [1.82, 2.24) is 24.1 Å². The van der Waals surface area contributed by atoms with Crippen molar-refractivity contribution in [1.29, 1.82) is 0 Å². The number of aryl methyl sites for hydroxylation is 1. The number of amides is 1. The minimum absolute atomic E-state index is 0.00192. The molecule has 2 aromatic heterocycles. The smallest absolute Gasteiger partial charge is 0.350 e. The van der Waals surface area contributed by atoms with E-state index < -0.39 is 0 Å². The van der Waals surface area contributed by atoms with Crippen LogP contribution in [0, 0.1) is 6.92 Å². The zero-order valence-electron chi connectivity index (χ0n) is 21.1. The Hall–Kier alpha value is -4.46. The quantitative estimate of drug-likeness (QED) is 0.372. The number of carbonyl (C=O) groups excluding carboxylic acids is 1. The Morgan fingerprint density at radius 1 is 0.946 bits per heavy atom. The Bertz CT molecular complexity index is 1710. The predicted molar refractivity (Wildman–Crippen MR) is 144 cm³/mol. The molecule has 0 saturated carbocycles. The first-order valence-electron chi connectivity index (χ1n) is 12.4. The van der Waals surface area contributed by atoms with Crippen molar-refractivity contribution in [2.24, 2.45) is 0 Å². The van der Waals surface area contributed by atoms with Gasteiger partial charge in [0.1, 0.15) is 0 Å². The Kier molecular flexibility index (Phi) is 6.48. The third-order valence-electron chi connectivity index (χ3n) is 6.67. The lowest BCUT2D eigenvalue weighted by Crippen LogP contribution is -2.32. The molecule has 0 aliphatic carbocycles. The molecule has 1 unspecified atom stereocenters. The second kappa shape index (κ2) is 9.89. The summed E-state index contributed by atoms with van der Waals surface area (Å²) in [7, 11) is 0. The summed E-state index contributed by atoms with van der Waals surface area (Å²) in [6.45, 7) is 6.45. The van der Waals surface area contributed by atoms with Crippen LogP contribution >= 0.6 is 0 Å². The van der Waals surface area contributed by atoms with Crippen molar-refractivity contribution in [2.45, 2.75) is 46.3 Å². The zero-order valence-corrected chi connectivity index (χ0v) is 21.1. The van der Waals surface area contributed by atoms with Crippen molar-refractivity contribution in [3.63, 3.8) is 0 Å². The third kappa shape index (κ3) is 4.70. The average molecular weight is 496 g/mol. The van der Waals surface area contributed by atoms with Crippen LogP contribution in [0.4, 0.5) is 0 Å². The average Bonchev–Trinajstić information content (AvgIpc) is 3.23. The molecular weight excluding hydrogens is 466 g/mol. The first-order chi connectivity index (χ1) is 17.9. The van der Waals surface area contributed by atoms with Gasteiger partial charge in [-0.25, -0.2) is 13.9 Å². The van der Waals surface area contributed by atoms with Gasteiger partial charge < -0.3 is 5.32 Å². The maximum absolute atomic E-state index is 13.7. The van der Waals surface area contributed by atoms with Crippen LogP contribution in [-0.2, 0) is 13.1 Å². The highest BCUT2D eigenvalue weighted by Crippen LogP contribution is 2.16. The van der Waals surface area contributed by atoms with Crippen molar-refractivity contribution >= 4 is 22.6 Å². The van der Waals surface area contributed by atoms with E-state index in [4.69, 9.17) is 0 Å². The Morgan fingerprint density at radius 2 is 1.65 bits per heavy atom. The zero-order chi connectivity index (χ0) is 26.1. The van der Waals surface area contributed by atoms with E-state index in [1.807, 2.05) is 75.4 Å². The lowest BCUT2D eigenvalue weighted by molar-refractivity contribution is 0.0939. The van der Waals surface area contributed by atoms with Crippen LogP contribution < -0.4 is 16.6 Å². The number of aromatic nitrogens is 4. The van der Waals surface area contributed by atoms with Crippen LogP contribution in [0.5, 0.6) is 0 Å². The van der Waals surface area contributed by atoms with Crippen LogP contribution in [0.3, 0.4) is 0 Å². The number of nitrogens with zero attached hydrogens (tertiary/aromatic N) is 4.